The Labute approximate surface area is 212 Å². The smallest absolute Gasteiger partial charge is 0.547 e. The van der Waals surface area contributed by atoms with Crippen molar-refractivity contribution in [1.82, 2.24) is 0 Å². The summed E-state index contributed by atoms with van der Waals surface area (Å²) in [6.07, 6.45) is 0. The van der Waals surface area contributed by atoms with E-state index in [1.165, 1.54) is 12.1 Å². The van der Waals surface area contributed by atoms with Gasteiger partial charge in [0.1, 0.15) is 5.60 Å². The zero-order valence-corrected chi connectivity index (χ0v) is 21.1. The zero-order valence-electron chi connectivity index (χ0n) is 16.7. The molecule has 0 radical (unpaired) electrons. The van der Waals surface area contributed by atoms with Gasteiger partial charge in [-0.1, -0.05) is 54.1 Å². The molecule has 0 aliphatic carbocycles. The van der Waals surface area contributed by atoms with Crippen LogP contribution in [0.5, 0.6) is 0 Å². The number of aliphatic hydroxyl groups is 1. The number of benzene rings is 3. The molecule has 0 aliphatic heterocycles. The number of hydrogen-bond acceptors (Lipinski definition) is 6. The van der Waals surface area contributed by atoms with Gasteiger partial charge in [-0.2, -0.15) is 0 Å². The number of carboxylic acids is 1. The van der Waals surface area contributed by atoms with Gasteiger partial charge < -0.3 is 15.0 Å². The number of hydrogen-bond donors (Lipinski definition) is 1. The van der Waals surface area contributed by atoms with Gasteiger partial charge in [0, 0.05) is 15.7 Å². The Morgan fingerprint density at radius 2 is 1.45 bits per heavy atom. The molecule has 3 rings (SSSR count). The third-order valence-corrected chi connectivity index (χ3v) is 7.75. The van der Waals surface area contributed by atoms with Crippen molar-refractivity contribution in [3.8, 4) is 11.1 Å². The van der Waals surface area contributed by atoms with Gasteiger partial charge in [-0.15, -0.1) is 11.8 Å². The topological polar surface area (TPSA) is 94.5 Å². The Balaban J connectivity index is 0.00000341. The summed E-state index contributed by atoms with van der Waals surface area (Å²) >= 11 is 6.92. The first kappa shape index (κ1) is 25.9. The molecule has 0 heterocycles. The van der Waals surface area contributed by atoms with E-state index in [-0.39, 0.29) is 40.2 Å². The van der Waals surface area contributed by atoms with E-state index in [9.17, 15) is 23.4 Å². The van der Waals surface area contributed by atoms with Crippen LogP contribution in [0.2, 0.25) is 5.02 Å². The van der Waals surface area contributed by atoms with Crippen LogP contribution >= 0.6 is 23.4 Å². The summed E-state index contributed by atoms with van der Waals surface area (Å²) in [5.74, 6) is -3.17. The van der Waals surface area contributed by atoms with E-state index in [0.29, 0.717) is 9.92 Å². The second kappa shape index (κ2) is 11.0. The summed E-state index contributed by atoms with van der Waals surface area (Å²) in [6, 6.07) is 21.9. The Bertz CT molecular complexity index is 1120. The average Bonchev–Trinajstić information content (AvgIpc) is 2.73. The summed E-state index contributed by atoms with van der Waals surface area (Å²) in [5, 5.41) is 22.7. The number of halogens is 1. The third-order valence-electron chi connectivity index (χ3n) is 4.42. The van der Waals surface area contributed by atoms with Gasteiger partial charge in [0.05, 0.1) is 16.6 Å². The van der Waals surface area contributed by atoms with E-state index < -0.39 is 27.2 Å². The maximum absolute atomic E-state index is 12.8. The molecule has 31 heavy (non-hydrogen) atoms. The fraction of sp³-hybridized carbons (Fsp3) is 0.136. The number of carbonyl (C=O) groups excluding carboxylic acids is 1. The molecular formula is C22H18ClNaO5S2. The molecule has 0 unspecified atom stereocenters. The summed E-state index contributed by atoms with van der Waals surface area (Å²) < 4.78 is 25.6. The van der Waals surface area contributed by atoms with Crippen molar-refractivity contribution in [3.63, 3.8) is 0 Å². The summed E-state index contributed by atoms with van der Waals surface area (Å²) in [7, 11) is -4.08. The fourth-order valence-electron chi connectivity index (χ4n) is 2.77. The Kier molecular flexibility index (Phi) is 9.21. The summed E-state index contributed by atoms with van der Waals surface area (Å²) in [6.45, 7) is 0. The van der Waals surface area contributed by atoms with Gasteiger partial charge in [-0.25, -0.2) is 8.42 Å². The number of rotatable bonds is 8. The van der Waals surface area contributed by atoms with Crippen molar-refractivity contribution in [2.75, 3.05) is 11.5 Å². The first-order chi connectivity index (χ1) is 14.2. The molecule has 1 N–H and O–H groups in total. The molecule has 9 heteroatoms. The van der Waals surface area contributed by atoms with E-state index >= 15 is 0 Å². The minimum atomic E-state index is -4.08. The van der Waals surface area contributed by atoms with Gasteiger partial charge in [0.15, 0.2) is 9.84 Å². The Hall–Kier alpha value is -1.32. The molecule has 3 aromatic carbocycles. The van der Waals surface area contributed by atoms with Crippen molar-refractivity contribution in [3.05, 3.63) is 83.9 Å². The number of carboxylic acid groups (broad SMARTS) is 1. The SMILES string of the molecule is O=C([O-])[C@@](O)(CSc1ccccc1)CS(=O)(=O)c1ccc(-c2ccc(Cl)cc2)cc1.[Na+]. The standard InChI is InChI=1S/C22H19ClO5S2.Na/c23-18-10-6-16(7-11-18)17-8-12-20(13-9-17)30(27,28)15-22(26,21(24)25)14-29-19-4-2-1-3-5-19;/h1-13,26H,14-15H2,(H,24,25);/q;+1/p-1/t22-;/m1./s1. The molecule has 1 atom stereocenters. The predicted molar refractivity (Wildman–Crippen MR) is 116 cm³/mol. The zero-order chi connectivity index (χ0) is 21.8. The molecule has 0 saturated heterocycles. The molecule has 0 spiro atoms. The maximum Gasteiger partial charge on any atom is 1.00 e. The fourth-order valence-corrected chi connectivity index (χ4v) is 5.57. The van der Waals surface area contributed by atoms with Crippen LogP contribution in [0.15, 0.2) is 88.7 Å². The van der Waals surface area contributed by atoms with E-state index in [1.807, 2.05) is 12.1 Å². The van der Waals surface area contributed by atoms with E-state index in [2.05, 4.69) is 0 Å². The van der Waals surface area contributed by atoms with Gasteiger partial charge in [-0.05, 0) is 47.5 Å². The second-order valence-corrected chi connectivity index (χ2v) is 10.2. The van der Waals surface area contributed by atoms with Crippen molar-refractivity contribution in [1.29, 1.82) is 0 Å². The molecule has 156 valence electrons. The van der Waals surface area contributed by atoms with Crippen molar-refractivity contribution >= 4 is 39.2 Å². The maximum atomic E-state index is 12.8. The second-order valence-electron chi connectivity index (χ2n) is 6.71. The normalized spacial score (nSPS) is 13.1. The van der Waals surface area contributed by atoms with Crippen LogP contribution in [-0.2, 0) is 14.6 Å². The third kappa shape index (κ3) is 6.83. The van der Waals surface area contributed by atoms with E-state index in [1.54, 1.807) is 54.6 Å². The largest absolute Gasteiger partial charge is 1.00 e. The van der Waals surface area contributed by atoms with Crippen molar-refractivity contribution < 1.29 is 53.0 Å². The Morgan fingerprint density at radius 3 is 1.97 bits per heavy atom. The van der Waals surface area contributed by atoms with Crippen LogP contribution in [0.1, 0.15) is 0 Å². The first-order valence-electron chi connectivity index (χ1n) is 8.90. The van der Waals surface area contributed by atoms with Crippen LogP contribution in [0, 0.1) is 0 Å². The quantitative estimate of drug-likeness (QED) is 0.359. The molecule has 0 amide bonds. The van der Waals surface area contributed by atoms with Crippen LogP contribution in [0.25, 0.3) is 11.1 Å². The van der Waals surface area contributed by atoms with Crippen LogP contribution in [0.4, 0.5) is 0 Å². The predicted octanol–water partition coefficient (Wildman–Crippen LogP) is 0.0580. The van der Waals surface area contributed by atoms with Gasteiger partial charge in [0.25, 0.3) is 0 Å². The minimum absolute atomic E-state index is 0. The number of sulfone groups is 1. The summed E-state index contributed by atoms with van der Waals surface area (Å²) in [4.78, 5) is 12.2. The molecule has 5 nitrogen and oxygen atoms in total. The molecule has 0 aliphatic rings. The molecule has 0 aromatic heterocycles. The summed E-state index contributed by atoms with van der Waals surface area (Å²) in [5.41, 5.74) is -0.900. The molecule has 0 fully saturated rings. The number of carbonyl (C=O) groups is 1. The van der Waals surface area contributed by atoms with Crippen LogP contribution < -0.4 is 34.7 Å². The van der Waals surface area contributed by atoms with Gasteiger partial charge in [0.2, 0.25) is 0 Å². The van der Waals surface area contributed by atoms with Crippen LogP contribution in [-0.4, -0.2) is 36.6 Å². The van der Waals surface area contributed by atoms with Crippen molar-refractivity contribution in [2.45, 2.75) is 15.4 Å². The molecule has 0 saturated carbocycles. The molecule has 0 bridgehead atoms. The van der Waals surface area contributed by atoms with Crippen molar-refractivity contribution in [2.24, 2.45) is 0 Å². The van der Waals surface area contributed by atoms with Crippen LogP contribution in [0.3, 0.4) is 0 Å². The van der Waals surface area contributed by atoms with E-state index in [0.717, 1.165) is 22.9 Å². The monoisotopic (exact) mass is 484 g/mol. The molecule has 3 aromatic rings. The Morgan fingerprint density at radius 1 is 0.935 bits per heavy atom. The van der Waals surface area contributed by atoms with Gasteiger partial charge in [-0.3, -0.25) is 0 Å². The number of thioether (sulfide) groups is 1. The molecular weight excluding hydrogens is 467 g/mol. The minimum Gasteiger partial charge on any atom is -0.547 e. The number of aliphatic carboxylic acids is 1. The first-order valence-corrected chi connectivity index (χ1v) is 11.9. The van der Waals surface area contributed by atoms with E-state index in [4.69, 9.17) is 11.6 Å². The van der Waals surface area contributed by atoms with Gasteiger partial charge >= 0.3 is 29.6 Å². The average molecular weight is 485 g/mol.